The van der Waals surface area contributed by atoms with Crippen LogP contribution in [0.3, 0.4) is 0 Å². The lowest BCUT2D eigenvalue weighted by molar-refractivity contribution is -0.149. The Morgan fingerprint density at radius 3 is 2.50 bits per heavy atom. The molecule has 1 fully saturated rings. The van der Waals surface area contributed by atoms with Crippen LogP contribution in [0.4, 0.5) is 13.2 Å². The Balaban J connectivity index is 2.72. The molecule has 3 unspecified atom stereocenters. The molecule has 0 aromatic carbocycles. The van der Waals surface area contributed by atoms with Crippen molar-refractivity contribution < 1.29 is 39.9 Å². The van der Waals surface area contributed by atoms with E-state index in [9.17, 15) is 21.6 Å². The summed E-state index contributed by atoms with van der Waals surface area (Å²) < 4.78 is 76.8. The molecular formula is C7H12BF3O6S. The Labute approximate surface area is 103 Å². The molecule has 1 rings (SSSR count). The van der Waals surface area contributed by atoms with E-state index in [2.05, 4.69) is 4.18 Å². The van der Waals surface area contributed by atoms with Gasteiger partial charge in [-0.1, -0.05) is 0 Å². The number of methoxy groups -OCH3 is 1. The van der Waals surface area contributed by atoms with E-state index in [4.69, 9.17) is 14.1 Å². The lowest BCUT2D eigenvalue weighted by Crippen LogP contribution is -2.34. The van der Waals surface area contributed by atoms with Gasteiger partial charge in [-0.05, 0) is 0 Å². The molecule has 18 heavy (non-hydrogen) atoms. The van der Waals surface area contributed by atoms with Crippen molar-refractivity contribution in [3.8, 4) is 0 Å². The number of alkyl halides is 3. The monoisotopic (exact) mass is 292 g/mol. The van der Waals surface area contributed by atoms with Crippen molar-refractivity contribution in [1.29, 1.82) is 0 Å². The maximum absolute atomic E-state index is 12.1. The standard InChI is InChI=1S/C7H12BF3O6S/c1-14-6-5(2-4(16-6)3-15-8)17-18(12,13)7(9,10)11/h4-6H,2-3,8H2,1H3. The summed E-state index contributed by atoms with van der Waals surface area (Å²) in [6.45, 7) is 0.103. The SMILES string of the molecule is BOCC1CC(OS(=O)(=O)C(F)(F)F)C(OC)O1. The molecule has 1 saturated heterocycles. The number of rotatable bonds is 5. The first-order valence-electron chi connectivity index (χ1n) is 4.88. The Morgan fingerprint density at radius 2 is 2.06 bits per heavy atom. The van der Waals surface area contributed by atoms with Gasteiger partial charge in [-0.2, -0.15) is 21.6 Å². The van der Waals surface area contributed by atoms with Crippen LogP contribution in [-0.2, 0) is 28.4 Å². The van der Waals surface area contributed by atoms with Gasteiger partial charge >= 0.3 is 15.6 Å². The molecule has 1 aliphatic heterocycles. The van der Waals surface area contributed by atoms with Crippen LogP contribution in [-0.4, -0.2) is 54.2 Å². The average molecular weight is 292 g/mol. The molecule has 0 aliphatic carbocycles. The fraction of sp³-hybridized carbons (Fsp3) is 1.00. The Morgan fingerprint density at radius 1 is 1.44 bits per heavy atom. The molecule has 106 valence electrons. The zero-order valence-corrected chi connectivity index (χ0v) is 10.5. The van der Waals surface area contributed by atoms with Crippen molar-refractivity contribution in [3.05, 3.63) is 0 Å². The third kappa shape index (κ3) is 3.57. The number of ether oxygens (including phenoxy) is 2. The quantitative estimate of drug-likeness (QED) is 0.388. The van der Waals surface area contributed by atoms with Gasteiger partial charge in [-0.25, -0.2) is 0 Å². The second kappa shape index (κ2) is 5.74. The third-order valence-electron chi connectivity index (χ3n) is 2.24. The number of hydrogen-bond donors (Lipinski definition) is 0. The minimum absolute atomic E-state index is 0.0678. The normalized spacial score (nSPS) is 29.7. The molecule has 11 heteroatoms. The van der Waals surface area contributed by atoms with Crippen LogP contribution in [0, 0.1) is 0 Å². The van der Waals surface area contributed by atoms with Gasteiger partial charge in [0.2, 0.25) is 0 Å². The lowest BCUT2D eigenvalue weighted by atomic mass is 10.2. The molecule has 0 aromatic heterocycles. The van der Waals surface area contributed by atoms with Crippen LogP contribution in [0.2, 0.25) is 0 Å². The van der Waals surface area contributed by atoms with E-state index in [1.165, 1.54) is 15.2 Å². The van der Waals surface area contributed by atoms with Crippen LogP contribution < -0.4 is 0 Å². The van der Waals surface area contributed by atoms with Gasteiger partial charge in [0.15, 0.2) is 6.29 Å². The molecule has 3 atom stereocenters. The van der Waals surface area contributed by atoms with Crippen LogP contribution in [0.1, 0.15) is 6.42 Å². The summed E-state index contributed by atoms with van der Waals surface area (Å²) in [5, 5.41) is 0. The summed E-state index contributed by atoms with van der Waals surface area (Å²) in [7, 11) is -3.11. The average Bonchev–Trinajstić information content (AvgIpc) is 2.58. The second-order valence-electron chi connectivity index (χ2n) is 3.59. The van der Waals surface area contributed by atoms with Crippen molar-refractivity contribution in [1.82, 2.24) is 0 Å². The molecule has 0 N–H and O–H groups in total. The molecule has 6 nitrogen and oxygen atoms in total. The minimum atomic E-state index is -5.66. The van der Waals surface area contributed by atoms with E-state index in [-0.39, 0.29) is 13.0 Å². The Kier molecular flexibility index (Phi) is 5.01. The van der Waals surface area contributed by atoms with Crippen molar-refractivity contribution in [2.24, 2.45) is 0 Å². The van der Waals surface area contributed by atoms with E-state index < -0.39 is 34.1 Å². The van der Waals surface area contributed by atoms with E-state index in [0.29, 0.717) is 0 Å². The molecule has 0 aromatic rings. The topological polar surface area (TPSA) is 71.1 Å². The van der Waals surface area contributed by atoms with Gasteiger partial charge in [-0.15, -0.1) is 0 Å². The molecule has 0 saturated carbocycles. The van der Waals surface area contributed by atoms with Gasteiger partial charge in [-0.3, -0.25) is 4.18 Å². The largest absolute Gasteiger partial charge is 0.523 e. The molecule has 1 aliphatic rings. The Hall–Kier alpha value is -0.355. The summed E-state index contributed by atoms with van der Waals surface area (Å²) in [6.07, 6.45) is -3.17. The summed E-state index contributed by atoms with van der Waals surface area (Å²) >= 11 is 0. The highest BCUT2D eigenvalue weighted by molar-refractivity contribution is 7.87. The highest BCUT2D eigenvalue weighted by Gasteiger charge is 2.51. The van der Waals surface area contributed by atoms with Gasteiger partial charge in [0.05, 0.1) is 12.7 Å². The predicted molar refractivity (Wildman–Crippen MR) is 54.6 cm³/mol. The lowest BCUT2D eigenvalue weighted by Gasteiger charge is -2.17. The first-order chi connectivity index (χ1) is 8.21. The van der Waals surface area contributed by atoms with E-state index in [1.807, 2.05) is 0 Å². The molecule has 0 amide bonds. The summed E-state index contributed by atoms with van der Waals surface area (Å²) in [6, 6.07) is 0. The van der Waals surface area contributed by atoms with Crippen LogP contribution in [0.5, 0.6) is 0 Å². The number of hydrogen-bond acceptors (Lipinski definition) is 6. The smallest absolute Gasteiger partial charge is 0.441 e. The summed E-state index contributed by atoms with van der Waals surface area (Å²) in [5.74, 6) is 0. The zero-order chi connectivity index (χ0) is 14.0. The maximum Gasteiger partial charge on any atom is 0.523 e. The zero-order valence-electron chi connectivity index (χ0n) is 9.64. The van der Waals surface area contributed by atoms with Gasteiger partial charge < -0.3 is 14.1 Å². The third-order valence-corrected chi connectivity index (χ3v) is 3.31. The van der Waals surface area contributed by atoms with E-state index in [1.54, 1.807) is 0 Å². The maximum atomic E-state index is 12.1. The van der Waals surface area contributed by atoms with Crippen molar-refractivity contribution in [2.75, 3.05) is 13.7 Å². The highest BCUT2D eigenvalue weighted by atomic mass is 32.2. The summed E-state index contributed by atoms with van der Waals surface area (Å²) in [4.78, 5) is 0. The fourth-order valence-electron chi connectivity index (χ4n) is 1.51. The van der Waals surface area contributed by atoms with Gasteiger partial charge in [0, 0.05) is 13.5 Å². The van der Waals surface area contributed by atoms with E-state index in [0.717, 1.165) is 0 Å². The molecule has 0 bridgehead atoms. The number of halogens is 3. The van der Waals surface area contributed by atoms with Crippen LogP contribution >= 0.6 is 0 Å². The van der Waals surface area contributed by atoms with Crippen molar-refractivity contribution >= 4 is 18.2 Å². The fourth-order valence-corrected chi connectivity index (χ4v) is 2.11. The Bertz CT molecular complexity index is 372. The van der Waals surface area contributed by atoms with Crippen molar-refractivity contribution in [2.45, 2.75) is 30.4 Å². The molecule has 0 radical (unpaired) electrons. The van der Waals surface area contributed by atoms with Gasteiger partial charge in [0.1, 0.15) is 6.10 Å². The summed E-state index contributed by atoms with van der Waals surface area (Å²) in [5.41, 5.74) is -5.47. The second-order valence-corrected chi connectivity index (χ2v) is 5.15. The first-order valence-corrected chi connectivity index (χ1v) is 6.29. The molecular weight excluding hydrogens is 280 g/mol. The van der Waals surface area contributed by atoms with Gasteiger partial charge in [0.25, 0.3) is 8.05 Å². The van der Waals surface area contributed by atoms with Crippen molar-refractivity contribution in [3.63, 3.8) is 0 Å². The molecule has 0 spiro atoms. The first kappa shape index (κ1) is 15.7. The van der Waals surface area contributed by atoms with Crippen LogP contribution in [0.15, 0.2) is 0 Å². The van der Waals surface area contributed by atoms with Crippen LogP contribution in [0.25, 0.3) is 0 Å². The predicted octanol–water partition coefficient (Wildman–Crippen LogP) is -0.453. The molecule has 1 heterocycles. The minimum Gasteiger partial charge on any atom is -0.441 e. The highest BCUT2D eigenvalue weighted by Crippen LogP contribution is 2.31. The van der Waals surface area contributed by atoms with E-state index >= 15 is 0 Å².